The first-order chi connectivity index (χ1) is 12.4. The number of aromatic nitrogens is 1. The molecule has 0 radical (unpaired) electrons. The molecule has 1 N–H and O–H groups in total. The van der Waals surface area contributed by atoms with Crippen molar-refractivity contribution in [3.05, 3.63) is 76.7 Å². The zero-order valence-electron chi connectivity index (χ0n) is 14.3. The minimum Gasteiger partial charge on any atom is -0.445 e. The lowest BCUT2D eigenvalue weighted by Gasteiger charge is -2.17. The molecule has 1 aromatic heterocycles. The molecule has 0 saturated heterocycles. The van der Waals surface area contributed by atoms with E-state index in [9.17, 15) is 9.59 Å². The Balaban J connectivity index is 2.00. The average molecular weight is 419 g/mol. The van der Waals surface area contributed by atoms with Crippen molar-refractivity contribution in [1.29, 1.82) is 0 Å². The Morgan fingerprint density at radius 1 is 1.19 bits per heavy atom. The first-order valence-corrected chi connectivity index (χ1v) is 8.68. The Bertz CT molecular complexity index is 763. The fourth-order valence-corrected chi connectivity index (χ4v) is 2.34. The van der Waals surface area contributed by atoms with Crippen LogP contribution in [0.2, 0.25) is 0 Å². The molecule has 6 nitrogen and oxygen atoms in total. The standard InChI is InChI=1S/C19H19BrN2O4/c1-13(2)26-18(23)16(10-15-8-9-17(20)21-11-15)22-19(24)25-12-14-6-4-3-5-7-14/h3-9,11,16H,1,10,12H2,2H3,(H,22,24)/t16-/m0/s1. The van der Waals surface area contributed by atoms with Crippen molar-refractivity contribution in [2.75, 3.05) is 0 Å². The van der Waals surface area contributed by atoms with Crippen molar-refractivity contribution >= 4 is 28.0 Å². The van der Waals surface area contributed by atoms with Crippen LogP contribution in [0.15, 0.2) is 65.6 Å². The lowest BCUT2D eigenvalue weighted by molar-refractivity contribution is -0.141. The van der Waals surface area contributed by atoms with Crippen LogP contribution in [0.4, 0.5) is 4.79 Å². The number of carbonyl (C=O) groups is 2. The van der Waals surface area contributed by atoms with Crippen LogP contribution in [0.5, 0.6) is 0 Å². The molecule has 0 saturated carbocycles. The summed E-state index contributed by atoms with van der Waals surface area (Å²) in [5.74, 6) is -0.370. The van der Waals surface area contributed by atoms with Crippen LogP contribution in [0.1, 0.15) is 18.1 Å². The number of carbonyl (C=O) groups excluding carboxylic acids is 2. The van der Waals surface area contributed by atoms with Crippen LogP contribution >= 0.6 is 15.9 Å². The van der Waals surface area contributed by atoms with Crippen molar-refractivity contribution in [2.24, 2.45) is 0 Å². The molecule has 2 aromatic rings. The monoisotopic (exact) mass is 418 g/mol. The normalized spacial score (nSPS) is 11.3. The summed E-state index contributed by atoms with van der Waals surface area (Å²) in [5, 5.41) is 2.54. The lowest BCUT2D eigenvalue weighted by atomic mass is 10.1. The molecule has 0 aliphatic rings. The topological polar surface area (TPSA) is 77.5 Å². The molecule has 0 spiro atoms. The Hall–Kier alpha value is -2.67. The third-order valence-corrected chi connectivity index (χ3v) is 3.76. The number of pyridine rings is 1. The van der Waals surface area contributed by atoms with Crippen LogP contribution in [-0.2, 0) is 27.3 Å². The van der Waals surface area contributed by atoms with Gasteiger partial charge in [-0.3, -0.25) is 0 Å². The first-order valence-electron chi connectivity index (χ1n) is 7.89. The Morgan fingerprint density at radius 3 is 2.54 bits per heavy atom. The van der Waals surface area contributed by atoms with Gasteiger partial charge in [-0.1, -0.05) is 43.0 Å². The van der Waals surface area contributed by atoms with Gasteiger partial charge in [-0.05, 0) is 40.0 Å². The van der Waals surface area contributed by atoms with Gasteiger partial charge >= 0.3 is 12.1 Å². The molecular formula is C19H19BrN2O4. The predicted molar refractivity (Wildman–Crippen MR) is 100 cm³/mol. The number of rotatable bonds is 7. The van der Waals surface area contributed by atoms with Gasteiger partial charge in [0.25, 0.3) is 0 Å². The van der Waals surface area contributed by atoms with E-state index in [0.29, 0.717) is 4.60 Å². The number of halogens is 1. The third kappa shape index (κ3) is 6.68. The molecule has 1 atom stereocenters. The second-order valence-electron chi connectivity index (χ2n) is 5.58. The largest absolute Gasteiger partial charge is 0.445 e. The van der Waals surface area contributed by atoms with Crippen LogP contribution in [-0.4, -0.2) is 23.1 Å². The van der Waals surface area contributed by atoms with Crippen LogP contribution in [0.25, 0.3) is 0 Å². The van der Waals surface area contributed by atoms with Crippen molar-refractivity contribution in [2.45, 2.75) is 26.0 Å². The van der Waals surface area contributed by atoms with Crippen LogP contribution < -0.4 is 5.32 Å². The number of nitrogens with zero attached hydrogens (tertiary/aromatic N) is 1. The van der Waals surface area contributed by atoms with Gasteiger partial charge in [0.05, 0.1) is 5.76 Å². The van der Waals surface area contributed by atoms with Gasteiger partial charge in [0.1, 0.15) is 17.3 Å². The summed E-state index contributed by atoms with van der Waals surface area (Å²) in [6.45, 7) is 5.21. The summed E-state index contributed by atoms with van der Waals surface area (Å²) in [6.07, 6.45) is 1.12. The van der Waals surface area contributed by atoms with E-state index in [2.05, 4.69) is 32.8 Å². The van der Waals surface area contributed by atoms with Crippen LogP contribution in [0, 0.1) is 0 Å². The SMILES string of the molecule is C=C(C)OC(=O)[C@H](Cc1ccc(Br)nc1)NC(=O)OCc1ccccc1. The molecule has 7 heteroatoms. The number of hydrogen-bond donors (Lipinski definition) is 1. The van der Waals surface area contributed by atoms with Crippen molar-refractivity contribution in [3.63, 3.8) is 0 Å². The highest BCUT2D eigenvalue weighted by atomic mass is 79.9. The molecule has 136 valence electrons. The van der Waals surface area contributed by atoms with Gasteiger partial charge in [-0.2, -0.15) is 0 Å². The average Bonchev–Trinajstić information content (AvgIpc) is 2.61. The summed E-state index contributed by atoms with van der Waals surface area (Å²) >= 11 is 3.25. The number of ether oxygens (including phenoxy) is 2. The summed E-state index contributed by atoms with van der Waals surface area (Å²) in [5.41, 5.74) is 1.61. The zero-order valence-corrected chi connectivity index (χ0v) is 15.9. The lowest BCUT2D eigenvalue weighted by Crippen LogP contribution is -2.43. The molecule has 0 unspecified atom stereocenters. The van der Waals surface area contributed by atoms with E-state index in [1.165, 1.54) is 0 Å². The van der Waals surface area contributed by atoms with E-state index in [4.69, 9.17) is 9.47 Å². The molecule has 0 aliphatic carbocycles. The minimum absolute atomic E-state index is 0.106. The number of amides is 1. The second kappa shape index (κ2) is 9.72. The molecule has 26 heavy (non-hydrogen) atoms. The van der Waals surface area contributed by atoms with Crippen LogP contribution in [0.3, 0.4) is 0 Å². The van der Waals surface area contributed by atoms with Gasteiger partial charge < -0.3 is 14.8 Å². The molecule has 1 aromatic carbocycles. The quantitative estimate of drug-likeness (QED) is 0.420. The Kier molecular flexibility index (Phi) is 7.35. The predicted octanol–water partition coefficient (Wildman–Crippen LogP) is 3.76. The maximum Gasteiger partial charge on any atom is 0.408 e. The Morgan fingerprint density at radius 2 is 1.92 bits per heavy atom. The first kappa shape index (κ1) is 19.7. The highest BCUT2D eigenvalue weighted by molar-refractivity contribution is 9.10. The summed E-state index contributed by atoms with van der Waals surface area (Å²) < 4.78 is 10.9. The number of allylic oxidation sites excluding steroid dienone is 1. The van der Waals surface area contributed by atoms with Crippen molar-refractivity contribution in [1.82, 2.24) is 10.3 Å². The third-order valence-electron chi connectivity index (χ3n) is 3.29. The van der Waals surface area contributed by atoms with Gasteiger partial charge in [-0.15, -0.1) is 0 Å². The van der Waals surface area contributed by atoms with Gasteiger partial charge in [-0.25, -0.2) is 14.6 Å². The van der Waals surface area contributed by atoms with E-state index >= 15 is 0 Å². The zero-order chi connectivity index (χ0) is 18.9. The maximum atomic E-state index is 12.3. The summed E-state index contributed by atoms with van der Waals surface area (Å²) in [7, 11) is 0. The summed E-state index contributed by atoms with van der Waals surface area (Å²) in [6, 6.07) is 11.9. The maximum absolute atomic E-state index is 12.3. The highest BCUT2D eigenvalue weighted by Crippen LogP contribution is 2.10. The molecule has 0 bridgehead atoms. The fourth-order valence-electron chi connectivity index (χ4n) is 2.11. The number of hydrogen-bond acceptors (Lipinski definition) is 5. The van der Waals surface area contributed by atoms with Crippen molar-refractivity contribution < 1.29 is 19.1 Å². The highest BCUT2D eigenvalue weighted by Gasteiger charge is 2.24. The molecular weight excluding hydrogens is 400 g/mol. The minimum atomic E-state index is -0.919. The molecule has 0 aliphatic heterocycles. The van der Waals surface area contributed by atoms with Crippen molar-refractivity contribution in [3.8, 4) is 0 Å². The number of alkyl carbamates (subject to hydrolysis) is 1. The Labute approximate surface area is 160 Å². The van der Waals surface area contributed by atoms with E-state index in [0.717, 1.165) is 11.1 Å². The molecule has 1 heterocycles. The molecule has 2 rings (SSSR count). The van der Waals surface area contributed by atoms with Gasteiger partial charge in [0, 0.05) is 12.6 Å². The van der Waals surface area contributed by atoms with E-state index in [1.54, 1.807) is 25.3 Å². The summed E-state index contributed by atoms with van der Waals surface area (Å²) in [4.78, 5) is 28.4. The smallest absolute Gasteiger partial charge is 0.408 e. The molecule has 1 amide bonds. The number of nitrogens with one attached hydrogen (secondary N) is 1. The van der Waals surface area contributed by atoms with Gasteiger partial charge in [0.15, 0.2) is 0 Å². The fraction of sp³-hybridized carbons (Fsp3) is 0.211. The van der Waals surface area contributed by atoms with E-state index in [-0.39, 0.29) is 18.8 Å². The second-order valence-corrected chi connectivity index (χ2v) is 6.39. The molecule has 0 fully saturated rings. The van der Waals surface area contributed by atoms with E-state index in [1.807, 2.05) is 30.3 Å². The number of benzene rings is 1. The van der Waals surface area contributed by atoms with Gasteiger partial charge in [0.2, 0.25) is 0 Å². The number of esters is 1. The van der Waals surface area contributed by atoms with E-state index < -0.39 is 18.1 Å².